The number of hydrogen-bond acceptors (Lipinski definition) is 5. The second kappa shape index (κ2) is 6.06. The van der Waals surface area contributed by atoms with Crippen LogP contribution in [-0.2, 0) is 0 Å². The summed E-state index contributed by atoms with van der Waals surface area (Å²) in [6.45, 7) is 5.95. The van der Waals surface area contributed by atoms with Crippen molar-refractivity contribution in [3.63, 3.8) is 0 Å². The Morgan fingerprint density at radius 3 is 2.43 bits per heavy atom. The molecule has 0 N–H and O–H groups in total. The zero-order chi connectivity index (χ0) is 15.6. The quantitative estimate of drug-likeness (QED) is 0.746. The summed E-state index contributed by atoms with van der Waals surface area (Å²) in [6.07, 6.45) is 0. The van der Waals surface area contributed by atoms with Crippen LogP contribution < -0.4 is 4.90 Å². The van der Waals surface area contributed by atoms with Crippen LogP contribution in [0.5, 0.6) is 0 Å². The molecule has 0 aliphatic heterocycles. The molecule has 0 fully saturated rings. The van der Waals surface area contributed by atoms with Crippen molar-refractivity contribution < 1.29 is 0 Å². The van der Waals surface area contributed by atoms with Crippen LogP contribution in [0.2, 0.25) is 0 Å². The van der Waals surface area contributed by atoms with Gasteiger partial charge in [0.1, 0.15) is 6.07 Å². The summed E-state index contributed by atoms with van der Waals surface area (Å²) >= 11 is 1.51. The van der Waals surface area contributed by atoms with Crippen LogP contribution in [0.3, 0.4) is 0 Å². The van der Waals surface area contributed by atoms with Gasteiger partial charge in [0.25, 0.3) is 0 Å². The van der Waals surface area contributed by atoms with Gasteiger partial charge in [0.05, 0.1) is 11.3 Å². The van der Waals surface area contributed by atoms with Crippen LogP contribution in [0.1, 0.15) is 21.6 Å². The van der Waals surface area contributed by atoms with Gasteiger partial charge in [-0.2, -0.15) is 5.26 Å². The van der Waals surface area contributed by atoms with Crippen LogP contribution in [-0.4, -0.2) is 14.1 Å². The average molecular weight is 298 g/mol. The zero-order valence-electron chi connectivity index (χ0n) is 12.9. The normalized spacial score (nSPS) is 10.9. The number of benzene rings is 1. The van der Waals surface area contributed by atoms with Gasteiger partial charge in [0.15, 0.2) is 5.00 Å². The highest BCUT2D eigenvalue weighted by Gasteiger charge is 2.11. The molecule has 1 aromatic carbocycles. The van der Waals surface area contributed by atoms with Crippen molar-refractivity contribution in [1.29, 1.82) is 5.26 Å². The van der Waals surface area contributed by atoms with E-state index in [1.807, 2.05) is 51.9 Å². The zero-order valence-corrected chi connectivity index (χ0v) is 13.7. The highest BCUT2D eigenvalue weighted by atomic mass is 32.1. The van der Waals surface area contributed by atoms with Crippen molar-refractivity contribution in [2.75, 3.05) is 19.0 Å². The SMILES string of the molecule is Cc1cc(N(C)C)ccc1N=Nc1sc(C)c(C)c1C#N. The number of aryl methyl sites for hydroxylation is 2. The fraction of sp³-hybridized carbons (Fsp3) is 0.312. The molecule has 0 unspecified atom stereocenters. The first-order valence-corrected chi connectivity index (χ1v) is 7.45. The Hall–Kier alpha value is -2.19. The Balaban J connectivity index is 2.35. The number of anilines is 1. The highest BCUT2D eigenvalue weighted by molar-refractivity contribution is 7.16. The van der Waals surface area contributed by atoms with Crippen LogP contribution in [0, 0.1) is 32.1 Å². The third-order valence-corrected chi connectivity index (χ3v) is 4.52. The van der Waals surface area contributed by atoms with Crippen LogP contribution in [0.4, 0.5) is 16.4 Å². The third kappa shape index (κ3) is 3.11. The van der Waals surface area contributed by atoms with Crippen LogP contribution >= 0.6 is 11.3 Å². The molecular formula is C16H18N4S. The number of rotatable bonds is 3. The monoisotopic (exact) mass is 298 g/mol. The lowest BCUT2D eigenvalue weighted by Crippen LogP contribution is -2.08. The average Bonchev–Trinajstić information content (AvgIpc) is 2.72. The summed E-state index contributed by atoms with van der Waals surface area (Å²) in [5.74, 6) is 0. The van der Waals surface area contributed by atoms with E-state index in [1.54, 1.807) is 0 Å². The van der Waals surface area contributed by atoms with E-state index < -0.39 is 0 Å². The van der Waals surface area contributed by atoms with E-state index in [1.165, 1.54) is 11.3 Å². The lowest BCUT2D eigenvalue weighted by molar-refractivity contribution is 1.12. The van der Waals surface area contributed by atoms with E-state index in [0.717, 1.165) is 27.4 Å². The fourth-order valence-corrected chi connectivity index (χ4v) is 2.87. The van der Waals surface area contributed by atoms with E-state index >= 15 is 0 Å². The lowest BCUT2D eigenvalue weighted by atomic mass is 10.2. The first kappa shape index (κ1) is 15.2. The number of nitriles is 1. The molecule has 0 bridgehead atoms. The minimum atomic E-state index is 0.629. The Morgan fingerprint density at radius 1 is 1.14 bits per heavy atom. The Morgan fingerprint density at radius 2 is 1.86 bits per heavy atom. The Labute approximate surface area is 129 Å². The minimum Gasteiger partial charge on any atom is -0.378 e. The molecule has 2 aromatic rings. The van der Waals surface area contributed by atoms with Crippen LogP contribution in [0.15, 0.2) is 28.4 Å². The largest absolute Gasteiger partial charge is 0.378 e. The van der Waals surface area contributed by atoms with Gasteiger partial charge in [0.2, 0.25) is 0 Å². The molecule has 0 spiro atoms. The summed E-state index contributed by atoms with van der Waals surface area (Å²) < 4.78 is 0. The molecule has 2 rings (SSSR count). The van der Waals surface area contributed by atoms with E-state index in [4.69, 9.17) is 0 Å². The number of thiophene rings is 1. The maximum absolute atomic E-state index is 9.21. The fourth-order valence-electron chi connectivity index (χ4n) is 1.94. The van der Waals surface area contributed by atoms with Crippen molar-refractivity contribution in [3.8, 4) is 6.07 Å². The predicted molar refractivity (Wildman–Crippen MR) is 88.2 cm³/mol. The molecular weight excluding hydrogens is 280 g/mol. The first-order chi connectivity index (χ1) is 9.93. The molecule has 0 amide bonds. The van der Waals surface area contributed by atoms with Gasteiger partial charge in [-0.1, -0.05) is 0 Å². The van der Waals surface area contributed by atoms with Crippen molar-refractivity contribution in [3.05, 3.63) is 39.8 Å². The summed E-state index contributed by atoms with van der Waals surface area (Å²) in [5, 5.41) is 18.5. The first-order valence-electron chi connectivity index (χ1n) is 6.64. The molecule has 0 saturated heterocycles. The Kier molecular flexibility index (Phi) is 4.39. The second-order valence-corrected chi connectivity index (χ2v) is 6.34. The molecule has 0 saturated carbocycles. The van der Waals surface area contributed by atoms with Gasteiger partial charge in [0, 0.05) is 24.7 Å². The maximum atomic E-state index is 9.21. The topological polar surface area (TPSA) is 51.8 Å². The number of nitrogens with zero attached hydrogens (tertiary/aromatic N) is 4. The van der Waals surface area contributed by atoms with E-state index in [0.29, 0.717) is 10.6 Å². The van der Waals surface area contributed by atoms with E-state index in [-0.39, 0.29) is 0 Å². The van der Waals surface area contributed by atoms with E-state index in [2.05, 4.69) is 22.4 Å². The molecule has 1 aromatic heterocycles. The second-order valence-electron chi connectivity index (χ2n) is 5.14. The number of hydrogen-bond donors (Lipinski definition) is 0. The number of azo groups is 1. The molecule has 0 radical (unpaired) electrons. The van der Waals surface area contributed by atoms with Gasteiger partial charge in [-0.05, 0) is 50.1 Å². The Bertz CT molecular complexity index is 735. The molecule has 0 aliphatic carbocycles. The third-order valence-electron chi connectivity index (χ3n) is 3.42. The molecule has 4 nitrogen and oxygen atoms in total. The molecule has 0 atom stereocenters. The van der Waals surface area contributed by atoms with Gasteiger partial charge < -0.3 is 4.90 Å². The summed E-state index contributed by atoms with van der Waals surface area (Å²) in [5.41, 5.74) is 4.65. The van der Waals surface area contributed by atoms with Crippen molar-refractivity contribution in [1.82, 2.24) is 0 Å². The minimum absolute atomic E-state index is 0.629. The predicted octanol–water partition coefficient (Wildman–Crippen LogP) is 5.03. The summed E-state index contributed by atoms with van der Waals surface area (Å²) in [6, 6.07) is 8.25. The molecule has 1 heterocycles. The van der Waals surface area contributed by atoms with Crippen molar-refractivity contribution in [2.24, 2.45) is 10.2 Å². The smallest absolute Gasteiger partial charge is 0.157 e. The van der Waals surface area contributed by atoms with Crippen molar-refractivity contribution in [2.45, 2.75) is 20.8 Å². The molecule has 5 heteroatoms. The van der Waals surface area contributed by atoms with Gasteiger partial charge >= 0.3 is 0 Å². The molecule has 21 heavy (non-hydrogen) atoms. The standard InChI is InChI=1S/C16H18N4S/c1-10-8-13(20(4)5)6-7-15(10)18-19-16-14(9-17)11(2)12(3)21-16/h6-8H,1-5H3. The highest BCUT2D eigenvalue weighted by Crippen LogP contribution is 2.35. The van der Waals surface area contributed by atoms with Gasteiger partial charge in [-0.25, -0.2) is 0 Å². The summed E-state index contributed by atoms with van der Waals surface area (Å²) in [4.78, 5) is 3.16. The van der Waals surface area contributed by atoms with Crippen molar-refractivity contribution >= 4 is 27.7 Å². The summed E-state index contributed by atoms with van der Waals surface area (Å²) in [7, 11) is 4.01. The molecule has 0 aliphatic rings. The van der Waals surface area contributed by atoms with Gasteiger partial charge in [-0.3, -0.25) is 0 Å². The maximum Gasteiger partial charge on any atom is 0.157 e. The van der Waals surface area contributed by atoms with Crippen LogP contribution in [0.25, 0.3) is 0 Å². The molecule has 108 valence electrons. The lowest BCUT2D eigenvalue weighted by Gasteiger charge is -2.13. The van der Waals surface area contributed by atoms with Gasteiger partial charge in [-0.15, -0.1) is 21.6 Å². The van der Waals surface area contributed by atoms with E-state index in [9.17, 15) is 5.26 Å².